The predicted octanol–water partition coefficient (Wildman–Crippen LogP) is 11.9. The third-order valence-electron chi connectivity index (χ3n) is 8.98. The summed E-state index contributed by atoms with van der Waals surface area (Å²) >= 11 is 0. The van der Waals surface area contributed by atoms with Crippen LogP contribution in [0.15, 0.2) is 97.2 Å². The van der Waals surface area contributed by atoms with E-state index >= 15 is 0 Å². The lowest BCUT2D eigenvalue weighted by Gasteiger charge is -2.31. The van der Waals surface area contributed by atoms with Crippen molar-refractivity contribution in [3.8, 4) is 0 Å². The maximum atomic E-state index is 12.7. The highest BCUT2D eigenvalue weighted by Gasteiger charge is 2.31. The maximum absolute atomic E-state index is 12.7. The van der Waals surface area contributed by atoms with Gasteiger partial charge in [-0.25, -0.2) is 4.79 Å². The fraction of sp³-hybridized carbons (Fsp3) is 0.612. The predicted molar refractivity (Wildman–Crippen MR) is 238 cm³/mol. The first-order valence-electron chi connectivity index (χ1n) is 21.8. The fourth-order valence-electron chi connectivity index (χ4n) is 5.63. The van der Waals surface area contributed by atoms with E-state index in [1.165, 1.54) is 38.5 Å². The molecule has 0 aromatic rings. The van der Waals surface area contributed by atoms with Crippen LogP contribution in [0.1, 0.15) is 142 Å². The number of rotatable bonds is 37. The summed E-state index contributed by atoms with van der Waals surface area (Å²) in [6, 6.07) is -0.637. The lowest BCUT2D eigenvalue weighted by atomic mass is 10.1. The summed E-state index contributed by atoms with van der Waals surface area (Å²) in [5.41, 5.74) is 0. The Labute approximate surface area is 347 Å². The van der Waals surface area contributed by atoms with Gasteiger partial charge in [-0.15, -0.1) is 0 Å². The van der Waals surface area contributed by atoms with Crippen molar-refractivity contribution in [1.82, 2.24) is 0 Å². The highest BCUT2D eigenvalue weighted by atomic mass is 16.6. The molecule has 0 heterocycles. The summed E-state index contributed by atoms with van der Waals surface area (Å²) in [5, 5.41) is 9.61. The molecular formula is C49H80NO7+. The van der Waals surface area contributed by atoms with Crippen molar-refractivity contribution in [3.63, 3.8) is 0 Å². The van der Waals surface area contributed by atoms with Gasteiger partial charge in [-0.2, -0.15) is 0 Å². The van der Waals surface area contributed by atoms with E-state index in [9.17, 15) is 19.5 Å². The zero-order chi connectivity index (χ0) is 42.1. The summed E-state index contributed by atoms with van der Waals surface area (Å²) in [6.07, 6.45) is 51.9. The number of likely N-dealkylation sites (N-methyl/N-ethyl adjacent to an activating group) is 1. The van der Waals surface area contributed by atoms with E-state index in [1.807, 2.05) is 27.2 Å². The second kappa shape index (κ2) is 39.1. The molecule has 0 aliphatic rings. The van der Waals surface area contributed by atoms with Gasteiger partial charge in [0.1, 0.15) is 6.61 Å². The van der Waals surface area contributed by atoms with E-state index in [1.54, 1.807) is 0 Å². The van der Waals surface area contributed by atoms with Gasteiger partial charge in [-0.1, -0.05) is 143 Å². The lowest BCUT2D eigenvalue weighted by Crippen LogP contribution is -2.50. The summed E-state index contributed by atoms with van der Waals surface area (Å²) in [7, 11) is 5.48. The summed E-state index contributed by atoms with van der Waals surface area (Å²) < 4.78 is 17.1. The molecule has 0 aliphatic carbocycles. The first kappa shape index (κ1) is 53.2. The number of allylic oxidation sites excluding steroid dienone is 16. The van der Waals surface area contributed by atoms with Crippen molar-refractivity contribution in [2.75, 3.05) is 41.0 Å². The molecule has 0 bridgehead atoms. The normalized spacial score (nSPS) is 13.9. The first-order chi connectivity index (χ1) is 27.6. The Morgan fingerprint density at radius 1 is 0.544 bits per heavy atom. The molecule has 0 amide bonds. The second-order valence-electron chi connectivity index (χ2n) is 15.2. The molecule has 1 N–H and O–H groups in total. The SMILES string of the molecule is CC/C=C/C/C=C/C/C=C/C/C=C/C/C=C/C/C=C/CCCC(=O)OC(COCCC(C(=O)O)[N+](C)(C)C)COC(=O)CC/C=C/C/C=C/CCCCCCCC. The molecule has 0 rings (SSSR count). The van der Waals surface area contributed by atoms with Gasteiger partial charge in [0.15, 0.2) is 12.1 Å². The van der Waals surface area contributed by atoms with Crippen molar-refractivity contribution < 1.29 is 38.2 Å². The molecular weight excluding hydrogens is 715 g/mol. The number of carbonyl (C=O) groups is 3. The minimum Gasteiger partial charge on any atom is -0.477 e. The number of hydrogen-bond donors (Lipinski definition) is 1. The van der Waals surface area contributed by atoms with Crippen LogP contribution in [-0.4, -0.2) is 80.6 Å². The number of unbranched alkanes of at least 4 members (excludes halogenated alkanes) is 7. The number of carboxylic acid groups (broad SMARTS) is 1. The zero-order valence-corrected chi connectivity index (χ0v) is 36.5. The van der Waals surface area contributed by atoms with E-state index in [2.05, 4.69) is 105 Å². The Hall–Kier alpha value is -3.75. The minimum absolute atomic E-state index is 0.0145. The number of carbonyl (C=O) groups excluding carboxylic acids is 2. The Morgan fingerprint density at radius 3 is 1.53 bits per heavy atom. The van der Waals surface area contributed by atoms with Crippen LogP contribution in [0.3, 0.4) is 0 Å². The number of aliphatic carboxylic acids is 1. The van der Waals surface area contributed by atoms with Crippen molar-refractivity contribution in [1.29, 1.82) is 0 Å². The molecule has 2 atom stereocenters. The van der Waals surface area contributed by atoms with Crippen LogP contribution in [0.25, 0.3) is 0 Å². The molecule has 8 heteroatoms. The van der Waals surface area contributed by atoms with Crippen molar-refractivity contribution in [2.24, 2.45) is 0 Å². The van der Waals surface area contributed by atoms with Crippen LogP contribution in [0, 0.1) is 0 Å². The zero-order valence-electron chi connectivity index (χ0n) is 36.5. The Bertz CT molecular complexity index is 1250. The van der Waals surface area contributed by atoms with Crippen molar-refractivity contribution in [3.05, 3.63) is 97.2 Å². The monoisotopic (exact) mass is 795 g/mol. The molecule has 322 valence electrons. The van der Waals surface area contributed by atoms with Crippen molar-refractivity contribution >= 4 is 17.9 Å². The van der Waals surface area contributed by atoms with Gasteiger partial charge in [0.05, 0.1) is 34.4 Å². The smallest absolute Gasteiger partial charge is 0.362 e. The number of ether oxygens (including phenoxy) is 3. The van der Waals surface area contributed by atoms with Gasteiger partial charge < -0.3 is 23.8 Å². The highest BCUT2D eigenvalue weighted by molar-refractivity contribution is 5.72. The number of hydrogen-bond acceptors (Lipinski definition) is 6. The van der Waals surface area contributed by atoms with E-state index in [4.69, 9.17) is 14.2 Å². The summed E-state index contributed by atoms with van der Waals surface area (Å²) in [4.78, 5) is 36.9. The Kier molecular flexibility index (Phi) is 36.5. The number of esters is 2. The average Bonchev–Trinajstić information content (AvgIpc) is 3.17. The van der Waals surface area contributed by atoms with Gasteiger partial charge in [0.2, 0.25) is 0 Å². The molecule has 0 saturated heterocycles. The molecule has 2 unspecified atom stereocenters. The van der Waals surface area contributed by atoms with Crippen LogP contribution in [0.4, 0.5) is 0 Å². The van der Waals surface area contributed by atoms with Crippen molar-refractivity contribution in [2.45, 2.75) is 154 Å². The van der Waals surface area contributed by atoms with Crippen LogP contribution in [0.2, 0.25) is 0 Å². The maximum Gasteiger partial charge on any atom is 0.362 e. The average molecular weight is 795 g/mol. The van der Waals surface area contributed by atoms with Crippen LogP contribution >= 0.6 is 0 Å². The molecule has 0 radical (unpaired) electrons. The van der Waals surface area contributed by atoms with E-state index in [-0.39, 0.29) is 49.1 Å². The topological polar surface area (TPSA) is 99.1 Å². The van der Waals surface area contributed by atoms with Crippen LogP contribution in [-0.2, 0) is 28.6 Å². The van der Waals surface area contributed by atoms with Gasteiger partial charge in [-0.3, -0.25) is 9.59 Å². The number of nitrogens with zero attached hydrogens (tertiary/aromatic N) is 1. The summed E-state index contributed by atoms with van der Waals surface area (Å²) in [5.74, 6) is -1.64. The molecule has 0 aromatic carbocycles. The third kappa shape index (κ3) is 37.6. The van der Waals surface area contributed by atoms with E-state index in [0.717, 1.165) is 57.8 Å². The number of quaternary nitrogens is 1. The second-order valence-corrected chi connectivity index (χ2v) is 15.2. The number of carboxylic acids is 1. The van der Waals surface area contributed by atoms with Gasteiger partial charge in [0, 0.05) is 19.3 Å². The summed E-state index contributed by atoms with van der Waals surface area (Å²) in [6.45, 7) is 4.46. The first-order valence-corrected chi connectivity index (χ1v) is 21.8. The third-order valence-corrected chi connectivity index (χ3v) is 8.98. The largest absolute Gasteiger partial charge is 0.477 e. The van der Waals surface area contributed by atoms with Gasteiger partial charge in [-0.05, 0) is 77.0 Å². The molecule has 0 fully saturated rings. The quantitative estimate of drug-likeness (QED) is 0.0289. The molecule has 0 spiro atoms. The molecule has 0 aliphatic heterocycles. The Morgan fingerprint density at radius 2 is 1.02 bits per heavy atom. The highest BCUT2D eigenvalue weighted by Crippen LogP contribution is 2.11. The van der Waals surface area contributed by atoms with Gasteiger partial charge >= 0.3 is 17.9 Å². The minimum atomic E-state index is -0.895. The lowest BCUT2D eigenvalue weighted by molar-refractivity contribution is -0.887. The van der Waals surface area contributed by atoms with E-state index < -0.39 is 18.1 Å². The van der Waals surface area contributed by atoms with Crippen LogP contribution in [0.5, 0.6) is 0 Å². The molecule has 8 nitrogen and oxygen atoms in total. The fourth-order valence-corrected chi connectivity index (χ4v) is 5.63. The van der Waals surface area contributed by atoms with Crippen LogP contribution < -0.4 is 0 Å². The molecule has 57 heavy (non-hydrogen) atoms. The Balaban J connectivity index is 4.55. The standard InChI is InChI=1S/C49H79NO7/c1-6-8-10-12-14-16-18-20-21-22-23-24-25-26-28-30-32-34-36-38-40-48(52)57-45(43-55-42-41-46(49(53)54)50(3,4)5)44-56-47(51)39-37-35-33-31-29-27-19-17-15-13-11-9-7-2/h8,10,14,16,20-21,23-24,26-29,32-35,45-46H,6-7,9,11-13,15,17-19,22,25,30-31,36-44H2,1-5H3/p+1/b10-8+,16-14+,21-20+,24-23+,28-26+,29-27+,34-32+,35-33+. The van der Waals surface area contributed by atoms with Gasteiger partial charge in [0.25, 0.3) is 0 Å². The molecule has 0 aromatic heterocycles. The molecule has 0 saturated carbocycles. The van der Waals surface area contributed by atoms with E-state index in [0.29, 0.717) is 19.3 Å².